The molecular formula is C20H22N2S. The third kappa shape index (κ3) is 3.28. The molecule has 1 aliphatic carbocycles. The van der Waals surface area contributed by atoms with Crippen molar-refractivity contribution in [3.8, 4) is 17.2 Å². The lowest BCUT2D eigenvalue weighted by atomic mass is 9.87. The number of hydrogen-bond donors (Lipinski definition) is 0. The Morgan fingerprint density at radius 3 is 2.61 bits per heavy atom. The highest BCUT2D eigenvalue weighted by Crippen LogP contribution is 2.38. The predicted octanol–water partition coefficient (Wildman–Crippen LogP) is 5.31. The molecule has 2 aromatic rings. The average Bonchev–Trinajstić information content (AvgIpc) is 2.59. The minimum Gasteiger partial charge on any atom is -0.245 e. The number of nitrogens with zero attached hydrogens (tertiary/aromatic N) is 2. The van der Waals surface area contributed by atoms with Gasteiger partial charge in [0.05, 0.1) is 5.56 Å². The van der Waals surface area contributed by atoms with Gasteiger partial charge in [0.15, 0.2) is 0 Å². The molecule has 3 heteroatoms. The molecule has 0 radical (unpaired) electrons. The van der Waals surface area contributed by atoms with Gasteiger partial charge in [-0.3, -0.25) is 0 Å². The largest absolute Gasteiger partial charge is 0.245 e. The Balaban J connectivity index is 2.21. The molecule has 1 heterocycles. The lowest BCUT2D eigenvalue weighted by Crippen LogP contribution is -2.10. The van der Waals surface area contributed by atoms with E-state index < -0.39 is 0 Å². The molecule has 3 rings (SSSR count). The van der Waals surface area contributed by atoms with Crippen molar-refractivity contribution in [3.63, 3.8) is 0 Å². The number of nitriles is 1. The van der Waals surface area contributed by atoms with Gasteiger partial charge < -0.3 is 0 Å². The molecule has 0 amide bonds. The van der Waals surface area contributed by atoms with Crippen LogP contribution in [0.25, 0.3) is 11.1 Å². The van der Waals surface area contributed by atoms with Crippen molar-refractivity contribution in [2.45, 2.75) is 51.0 Å². The molecule has 2 nitrogen and oxygen atoms in total. The number of hydrogen-bond acceptors (Lipinski definition) is 3. The Hall–Kier alpha value is -1.79. The molecule has 0 saturated carbocycles. The van der Waals surface area contributed by atoms with Crippen LogP contribution >= 0.6 is 11.8 Å². The van der Waals surface area contributed by atoms with Crippen LogP contribution in [0.3, 0.4) is 0 Å². The van der Waals surface area contributed by atoms with E-state index in [-0.39, 0.29) is 0 Å². The molecule has 0 bridgehead atoms. The van der Waals surface area contributed by atoms with E-state index in [0.29, 0.717) is 0 Å². The van der Waals surface area contributed by atoms with E-state index in [1.807, 2.05) is 0 Å². The number of aryl methyl sites for hydroxylation is 2. The zero-order valence-corrected chi connectivity index (χ0v) is 14.7. The van der Waals surface area contributed by atoms with Crippen LogP contribution in [0, 0.1) is 18.3 Å². The van der Waals surface area contributed by atoms with Crippen molar-refractivity contribution in [1.82, 2.24) is 4.98 Å². The van der Waals surface area contributed by atoms with Gasteiger partial charge in [0.2, 0.25) is 0 Å². The minimum absolute atomic E-state index is 0.771. The highest BCUT2D eigenvalue weighted by Gasteiger charge is 2.22. The first-order chi connectivity index (χ1) is 11.2. The van der Waals surface area contributed by atoms with E-state index in [9.17, 15) is 5.26 Å². The van der Waals surface area contributed by atoms with Crippen molar-refractivity contribution in [3.05, 3.63) is 46.6 Å². The normalized spacial score (nSPS) is 13.4. The Labute approximate surface area is 143 Å². The van der Waals surface area contributed by atoms with Crippen molar-refractivity contribution < 1.29 is 0 Å². The van der Waals surface area contributed by atoms with E-state index in [1.54, 1.807) is 11.8 Å². The Morgan fingerprint density at radius 1 is 1.17 bits per heavy atom. The standard InChI is InChI=1S/C20H22N2S/c1-3-12-23-20-17(13-21)19(15-10-8-14(2)9-11-15)16-6-4-5-7-18(16)22-20/h8-11H,3-7,12H2,1-2H3. The topological polar surface area (TPSA) is 36.7 Å². The van der Waals surface area contributed by atoms with Crippen LogP contribution < -0.4 is 0 Å². The Kier molecular flexibility index (Phi) is 5.03. The molecule has 0 aliphatic heterocycles. The summed E-state index contributed by atoms with van der Waals surface area (Å²) in [4.78, 5) is 4.87. The lowest BCUT2D eigenvalue weighted by Gasteiger charge is -2.22. The molecule has 1 aliphatic rings. The highest BCUT2D eigenvalue weighted by molar-refractivity contribution is 7.99. The van der Waals surface area contributed by atoms with Crippen LogP contribution in [-0.4, -0.2) is 10.7 Å². The van der Waals surface area contributed by atoms with Crippen LogP contribution in [0.1, 0.15) is 48.6 Å². The second-order valence-corrected chi connectivity index (χ2v) is 7.21. The summed E-state index contributed by atoms with van der Waals surface area (Å²) in [6.07, 6.45) is 5.57. The van der Waals surface area contributed by atoms with Gasteiger partial charge >= 0.3 is 0 Å². The monoisotopic (exact) mass is 322 g/mol. The van der Waals surface area contributed by atoms with Gasteiger partial charge in [0.1, 0.15) is 11.1 Å². The summed E-state index contributed by atoms with van der Waals surface area (Å²) in [6.45, 7) is 4.26. The van der Waals surface area contributed by atoms with Crippen LogP contribution in [0.2, 0.25) is 0 Å². The predicted molar refractivity (Wildman–Crippen MR) is 96.8 cm³/mol. The van der Waals surface area contributed by atoms with Crippen molar-refractivity contribution in [2.75, 3.05) is 5.75 Å². The molecule has 0 spiro atoms. The van der Waals surface area contributed by atoms with Crippen molar-refractivity contribution in [1.29, 1.82) is 5.26 Å². The smallest absolute Gasteiger partial charge is 0.115 e. The molecule has 1 aromatic heterocycles. The van der Waals surface area contributed by atoms with Gasteiger partial charge in [-0.2, -0.15) is 5.26 Å². The molecule has 1 aromatic carbocycles. The zero-order chi connectivity index (χ0) is 16.2. The minimum atomic E-state index is 0.771. The van der Waals surface area contributed by atoms with E-state index in [0.717, 1.165) is 46.7 Å². The molecule has 0 saturated heterocycles. The summed E-state index contributed by atoms with van der Waals surface area (Å²) < 4.78 is 0. The van der Waals surface area contributed by atoms with Crippen LogP contribution in [0.5, 0.6) is 0 Å². The fourth-order valence-corrected chi connectivity index (χ4v) is 4.03. The maximum Gasteiger partial charge on any atom is 0.115 e. The van der Waals surface area contributed by atoms with E-state index in [4.69, 9.17) is 4.98 Å². The summed E-state index contributed by atoms with van der Waals surface area (Å²) in [5, 5.41) is 10.7. The number of thioether (sulfide) groups is 1. The number of fused-ring (bicyclic) bond motifs is 1. The molecule has 0 fully saturated rings. The summed E-state index contributed by atoms with van der Waals surface area (Å²) in [5.74, 6) is 1.01. The quantitative estimate of drug-likeness (QED) is 0.716. The molecule has 23 heavy (non-hydrogen) atoms. The van der Waals surface area contributed by atoms with Crippen molar-refractivity contribution >= 4 is 11.8 Å². The maximum atomic E-state index is 9.81. The maximum absolute atomic E-state index is 9.81. The average molecular weight is 322 g/mol. The van der Waals surface area contributed by atoms with Gasteiger partial charge in [-0.15, -0.1) is 11.8 Å². The number of aromatic nitrogens is 1. The third-order valence-corrected chi connectivity index (χ3v) is 5.52. The second-order valence-electron chi connectivity index (χ2n) is 6.13. The number of benzene rings is 1. The fraction of sp³-hybridized carbons (Fsp3) is 0.400. The van der Waals surface area contributed by atoms with E-state index in [1.165, 1.54) is 29.7 Å². The number of pyridine rings is 1. The third-order valence-electron chi connectivity index (χ3n) is 4.34. The first-order valence-corrected chi connectivity index (χ1v) is 9.38. The first-order valence-electron chi connectivity index (χ1n) is 8.40. The second kappa shape index (κ2) is 7.19. The van der Waals surface area contributed by atoms with Crippen LogP contribution in [0.4, 0.5) is 0 Å². The molecule has 0 atom stereocenters. The van der Waals surface area contributed by atoms with Gasteiger partial charge in [-0.25, -0.2) is 4.98 Å². The van der Waals surface area contributed by atoms with E-state index >= 15 is 0 Å². The van der Waals surface area contributed by atoms with Gasteiger partial charge in [-0.05, 0) is 55.9 Å². The van der Waals surface area contributed by atoms with Gasteiger partial charge in [0.25, 0.3) is 0 Å². The fourth-order valence-electron chi connectivity index (χ4n) is 3.16. The lowest BCUT2D eigenvalue weighted by molar-refractivity contribution is 0.661. The summed E-state index contributed by atoms with van der Waals surface area (Å²) >= 11 is 1.72. The van der Waals surface area contributed by atoms with Crippen molar-refractivity contribution in [2.24, 2.45) is 0 Å². The van der Waals surface area contributed by atoms with Gasteiger partial charge in [0, 0.05) is 11.3 Å². The summed E-state index contributed by atoms with van der Waals surface area (Å²) in [6, 6.07) is 11.0. The van der Waals surface area contributed by atoms with Crippen LogP contribution in [-0.2, 0) is 12.8 Å². The SMILES string of the molecule is CCCSc1nc2c(c(-c3ccc(C)cc3)c1C#N)CCCC2. The first kappa shape index (κ1) is 16.1. The Bertz CT molecular complexity index is 742. The van der Waals surface area contributed by atoms with E-state index in [2.05, 4.69) is 44.2 Å². The summed E-state index contributed by atoms with van der Waals surface area (Å²) in [7, 11) is 0. The molecule has 118 valence electrons. The van der Waals surface area contributed by atoms with Crippen LogP contribution in [0.15, 0.2) is 29.3 Å². The van der Waals surface area contributed by atoms with Gasteiger partial charge in [-0.1, -0.05) is 36.8 Å². The summed E-state index contributed by atoms with van der Waals surface area (Å²) in [5.41, 5.74) is 6.83. The molecule has 0 N–H and O–H groups in total. The highest BCUT2D eigenvalue weighted by atomic mass is 32.2. The zero-order valence-electron chi connectivity index (χ0n) is 13.9. The molecular weight excluding hydrogens is 300 g/mol. The number of rotatable bonds is 4. The molecule has 0 unspecified atom stereocenters. The Morgan fingerprint density at radius 2 is 1.91 bits per heavy atom.